The van der Waals surface area contributed by atoms with Crippen LogP contribution in [-0.2, 0) is 0 Å². The van der Waals surface area contributed by atoms with Crippen LogP contribution in [0.25, 0.3) is 0 Å². The smallest absolute Gasteiger partial charge is 0.0897 e. The Morgan fingerprint density at radius 2 is 2.07 bits per heavy atom. The van der Waals surface area contributed by atoms with Crippen molar-refractivity contribution in [2.45, 2.75) is 44.6 Å². The Labute approximate surface area is 92.7 Å². The summed E-state index contributed by atoms with van der Waals surface area (Å²) in [5.74, 6) is 3.06. The van der Waals surface area contributed by atoms with Gasteiger partial charge in [0, 0.05) is 19.6 Å². The Balaban J connectivity index is 1.48. The molecule has 2 heteroatoms. The van der Waals surface area contributed by atoms with E-state index in [4.69, 9.17) is 0 Å². The van der Waals surface area contributed by atoms with Gasteiger partial charge in [-0.25, -0.2) is 0 Å². The van der Waals surface area contributed by atoms with Crippen LogP contribution in [0, 0.1) is 17.8 Å². The van der Waals surface area contributed by atoms with Gasteiger partial charge in [0.25, 0.3) is 0 Å². The Morgan fingerprint density at radius 1 is 1.27 bits per heavy atom. The van der Waals surface area contributed by atoms with Crippen molar-refractivity contribution in [2.75, 3.05) is 19.6 Å². The lowest BCUT2D eigenvalue weighted by atomic mass is 9.85. The van der Waals surface area contributed by atoms with Crippen molar-refractivity contribution in [1.29, 1.82) is 0 Å². The highest BCUT2D eigenvalue weighted by molar-refractivity contribution is 4.98. The van der Waals surface area contributed by atoms with E-state index in [9.17, 15) is 5.11 Å². The van der Waals surface area contributed by atoms with E-state index in [0.29, 0.717) is 0 Å². The van der Waals surface area contributed by atoms with Gasteiger partial charge in [-0.3, -0.25) is 4.90 Å². The van der Waals surface area contributed by atoms with Gasteiger partial charge in [-0.05, 0) is 43.4 Å². The Hall–Kier alpha value is -0.0800. The number of likely N-dealkylation sites (tertiary alicyclic amines) is 1. The van der Waals surface area contributed by atoms with Crippen LogP contribution in [0.1, 0.15) is 39.0 Å². The molecule has 3 atom stereocenters. The third kappa shape index (κ3) is 1.72. The molecular formula is C13H23NO. The third-order valence-electron chi connectivity index (χ3n) is 5.07. The molecule has 2 nitrogen and oxygen atoms in total. The van der Waals surface area contributed by atoms with Crippen LogP contribution in [0.5, 0.6) is 0 Å². The van der Waals surface area contributed by atoms with E-state index < -0.39 is 0 Å². The molecule has 1 aliphatic heterocycles. The number of β-amino-alcohol motifs (C(OH)–C–C–N with tert-alkyl or cyclic N) is 1. The van der Waals surface area contributed by atoms with Crippen molar-refractivity contribution in [3.63, 3.8) is 0 Å². The molecule has 1 saturated heterocycles. The van der Waals surface area contributed by atoms with Crippen LogP contribution in [0.15, 0.2) is 0 Å². The van der Waals surface area contributed by atoms with Crippen LogP contribution in [0.4, 0.5) is 0 Å². The molecule has 2 saturated carbocycles. The van der Waals surface area contributed by atoms with Gasteiger partial charge in [0.15, 0.2) is 0 Å². The lowest BCUT2D eigenvalue weighted by Gasteiger charge is -2.47. The highest BCUT2D eigenvalue weighted by atomic mass is 16.3. The molecule has 15 heavy (non-hydrogen) atoms. The molecular weight excluding hydrogens is 186 g/mol. The Bertz CT molecular complexity index is 247. The average Bonchev–Trinajstić information content (AvgIpc) is 2.76. The van der Waals surface area contributed by atoms with Gasteiger partial charge in [0.1, 0.15) is 0 Å². The van der Waals surface area contributed by atoms with Gasteiger partial charge in [-0.15, -0.1) is 0 Å². The summed E-state index contributed by atoms with van der Waals surface area (Å²) in [6.07, 6.45) is 6.89. The largest absolute Gasteiger partial charge is 0.387 e. The zero-order chi connectivity index (χ0) is 10.5. The molecule has 3 fully saturated rings. The van der Waals surface area contributed by atoms with Gasteiger partial charge >= 0.3 is 0 Å². The summed E-state index contributed by atoms with van der Waals surface area (Å²) in [5, 5.41) is 9.95. The summed E-state index contributed by atoms with van der Waals surface area (Å²) in [6, 6.07) is 0. The molecule has 0 aromatic heterocycles. The predicted octanol–water partition coefficient (Wildman–Crippen LogP) is 1.88. The van der Waals surface area contributed by atoms with Gasteiger partial charge in [-0.2, -0.15) is 0 Å². The molecule has 1 N–H and O–H groups in total. The molecule has 86 valence electrons. The molecule has 3 rings (SSSR count). The van der Waals surface area contributed by atoms with Crippen molar-refractivity contribution in [1.82, 2.24) is 4.90 Å². The third-order valence-corrected chi connectivity index (χ3v) is 5.07. The summed E-state index contributed by atoms with van der Waals surface area (Å²) >= 11 is 0. The first-order valence-corrected chi connectivity index (χ1v) is 6.63. The monoisotopic (exact) mass is 209 g/mol. The minimum atomic E-state index is -0.336. The summed E-state index contributed by atoms with van der Waals surface area (Å²) in [6.45, 7) is 5.22. The lowest BCUT2D eigenvalue weighted by molar-refractivity contribution is -0.106. The first-order chi connectivity index (χ1) is 7.18. The molecule has 2 aliphatic carbocycles. The van der Waals surface area contributed by atoms with Crippen molar-refractivity contribution in [3.05, 3.63) is 0 Å². The van der Waals surface area contributed by atoms with E-state index >= 15 is 0 Å². The topological polar surface area (TPSA) is 23.5 Å². The van der Waals surface area contributed by atoms with Gasteiger partial charge < -0.3 is 5.11 Å². The fourth-order valence-corrected chi connectivity index (χ4v) is 4.07. The minimum absolute atomic E-state index is 0.336. The van der Waals surface area contributed by atoms with Crippen LogP contribution in [0.3, 0.4) is 0 Å². The van der Waals surface area contributed by atoms with E-state index in [0.717, 1.165) is 37.3 Å². The predicted molar refractivity (Wildman–Crippen MR) is 60.6 cm³/mol. The number of nitrogens with zero attached hydrogens (tertiary/aromatic N) is 1. The molecule has 2 bridgehead atoms. The zero-order valence-electron chi connectivity index (χ0n) is 9.78. The first-order valence-electron chi connectivity index (χ1n) is 6.63. The molecule has 0 amide bonds. The van der Waals surface area contributed by atoms with E-state index in [-0.39, 0.29) is 5.60 Å². The number of hydrogen-bond donors (Lipinski definition) is 1. The standard InChI is InChI=1S/C13H23NO/c1-2-13(15)8-14(9-13)7-12-6-10-3-4-11(12)5-10/h10-12,15H,2-9H2,1H3. The first kappa shape index (κ1) is 10.1. The molecule has 3 aliphatic rings. The normalized spacial score (nSPS) is 43.2. The fourth-order valence-electron chi connectivity index (χ4n) is 4.07. The van der Waals surface area contributed by atoms with E-state index in [1.165, 1.54) is 32.2 Å². The molecule has 0 aromatic carbocycles. The molecule has 0 aromatic rings. The van der Waals surface area contributed by atoms with Gasteiger partial charge in [0.2, 0.25) is 0 Å². The maximum Gasteiger partial charge on any atom is 0.0897 e. The minimum Gasteiger partial charge on any atom is -0.387 e. The Kier molecular flexibility index (Phi) is 2.33. The molecule has 0 spiro atoms. The summed E-state index contributed by atoms with van der Waals surface area (Å²) < 4.78 is 0. The fraction of sp³-hybridized carbons (Fsp3) is 1.00. The molecule has 3 unspecified atom stereocenters. The number of fused-ring (bicyclic) bond motifs is 2. The quantitative estimate of drug-likeness (QED) is 0.767. The number of rotatable bonds is 3. The zero-order valence-corrected chi connectivity index (χ0v) is 9.78. The Morgan fingerprint density at radius 3 is 2.60 bits per heavy atom. The van der Waals surface area contributed by atoms with Crippen molar-refractivity contribution in [3.8, 4) is 0 Å². The second-order valence-corrected chi connectivity index (χ2v) is 6.18. The maximum atomic E-state index is 9.95. The summed E-state index contributed by atoms with van der Waals surface area (Å²) in [4.78, 5) is 2.47. The number of hydrogen-bond acceptors (Lipinski definition) is 2. The van der Waals surface area contributed by atoms with Crippen molar-refractivity contribution in [2.24, 2.45) is 17.8 Å². The van der Waals surface area contributed by atoms with E-state index in [2.05, 4.69) is 11.8 Å². The second-order valence-electron chi connectivity index (χ2n) is 6.18. The number of aliphatic hydroxyl groups is 1. The van der Waals surface area contributed by atoms with Crippen LogP contribution in [0.2, 0.25) is 0 Å². The lowest BCUT2D eigenvalue weighted by Crippen LogP contribution is -2.62. The molecule has 0 radical (unpaired) electrons. The molecule has 1 heterocycles. The van der Waals surface area contributed by atoms with E-state index in [1.807, 2.05) is 0 Å². The highest BCUT2D eigenvalue weighted by Gasteiger charge is 2.44. The average molecular weight is 209 g/mol. The SMILES string of the molecule is CCC1(O)CN(CC2CC3CCC2C3)C1. The highest BCUT2D eigenvalue weighted by Crippen LogP contribution is 2.48. The van der Waals surface area contributed by atoms with Gasteiger partial charge in [-0.1, -0.05) is 13.3 Å². The maximum absolute atomic E-state index is 9.95. The van der Waals surface area contributed by atoms with E-state index in [1.54, 1.807) is 0 Å². The van der Waals surface area contributed by atoms with Crippen molar-refractivity contribution < 1.29 is 5.11 Å². The summed E-state index contributed by atoms with van der Waals surface area (Å²) in [7, 11) is 0. The summed E-state index contributed by atoms with van der Waals surface area (Å²) in [5.41, 5.74) is -0.336. The van der Waals surface area contributed by atoms with Crippen LogP contribution >= 0.6 is 0 Å². The van der Waals surface area contributed by atoms with Crippen LogP contribution < -0.4 is 0 Å². The second kappa shape index (κ2) is 3.46. The van der Waals surface area contributed by atoms with Crippen LogP contribution in [-0.4, -0.2) is 35.2 Å². The van der Waals surface area contributed by atoms with Crippen molar-refractivity contribution >= 4 is 0 Å². The van der Waals surface area contributed by atoms with Gasteiger partial charge in [0.05, 0.1) is 5.60 Å².